The van der Waals surface area contributed by atoms with Gasteiger partial charge in [-0.2, -0.15) is 5.10 Å². The first kappa shape index (κ1) is 22.7. The average Bonchev–Trinajstić information content (AvgIpc) is 3.61. The Morgan fingerprint density at radius 3 is 2.54 bits per heavy atom. The smallest absolute Gasteiger partial charge is 0.289 e. The number of ketones is 1. The Hall–Kier alpha value is -4.12. The maximum Gasteiger partial charge on any atom is 0.289 e. The van der Waals surface area contributed by atoms with Crippen molar-refractivity contribution in [3.63, 3.8) is 0 Å². The molecule has 1 N–H and O–H groups in total. The van der Waals surface area contributed by atoms with Crippen LogP contribution >= 0.6 is 0 Å². The third-order valence-electron chi connectivity index (χ3n) is 5.94. The summed E-state index contributed by atoms with van der Waals surface area (Å²) in [6, 6.07) is 8.48. The molecule has 4 heterocycles. The van der Waals surface area contributed by atoms with Crippen LogP contribution in [0.1, 0.15) is 33.6 Å². The van der Waals surface area contributed by atoms with Crippen LogP contribution in [-0.2, 0) is 11.3 Å². The van der Waals surface area contributed by atoms with Gasteiger partial charge in [0.25, 0.3) is 5.91 Å². The molecule has 2 aliphatic rings. The highest BCUT2D eigenvalue weighted by Crippen LogP contribution is 2.37. The molecule has 2 aromatic heterocycles. The molecule has 0 atom stereocenters. The summed E-state index contributed by atoms with van der Waals surface area (Å²) < 4.78 is 18.1. The van der Waals surface area contributed by atoms with Crippen LogP contribution in [0.4, 0.5) is 5.69 Å². The highest BCUT2D eigenvalue weighted by Gasteiger charge is 2.26. The molecule has 11 nitrogen and oxygen atoms in total. The number of hydrogen-bond acceptors (Lipinski definition) is 8. The summed E-state index contributed by atoms with van der Waals surface area (Å²) in [6.45, 7) is 4.15. The fourth-order valence-electron chi connectivity index (χ4n) is 4.13. The summed E-state index contributed by atoms with van der Waals surface area (Å²) in [5.74, 6) is 1.31. The first-order chi connectivity index (χ1) is 17.0. The lowest BCUT2D eigenvalue weighted by Gasteiger charge is -2.33. The Morgan fingerprint density at radius 1 is 1.06 bits per heavy atom. The molecule has 11 heteroatoms. The van der Waals surface area contributed by atoms with Gasteiger partial charge in [-0.25, -0.2) is 0 Å². The number of aromatic nitrogens is 2. The lowest BCUT2D eigenvalue weighted by molar-refractivity contribution is -0.117. The topological polar surface area (TPSA) is 119 Å². The van der Waals surface area contributed by atoms with Crippen molar-refractivity contribution in [3.05, 3.63) is 59.8 Å². The van der Waals surface area contributed by atoms with Gasteiger partial charge in [0.15, 0.2) is 23.0 Å². The van der Waals surface area contributed by atoms with Gasteiger partial charge in [-0.15, -0.1) is 0 Å². The van der Waals surface area contributed by atoms with Gasteiger partial charge < -0.3 is 24.1 Å². The minimum Gasteiger partial charge on any atom is -0.454 e. The predicted octanol–water partition coefficient (Wildman–Crippen LogP) is 1.85. The molecule has 0 aliphatic carbocycles. The third kappa shape index (κ3) is 5.04. The van der Waals surface area contributed by atoms with Gasteiger partial charge in [0, 0.05) is 50.2 Å². The maximum atomic E-state index is 12.8. The number of Topliss-reactive ketones (excluding diaryl/α,β-unsaturated/α-hetero) is 1. The Bertz CT molecular complexity index is 1240. The van der Waals surface area contributed by atoms with Gasteiger partial charge >= 0.3 is 0 Å². The molecule has 0 radical (unpaired) electrons. The van der Waals surface area contributed by atoms with Gasteiger partial charge in [-0.1, -0.05) is 0 Å². The van der Waals surface area contributed by atoms with Gasteiger partial charge in [-0.05, 0) is 31.2 Å². The summed E-state index contributed by atoms with van der Waals surface area (Å²) in [5.41, 5.74) is 0.757. The van der Waals surface area contributed by atoms with E-state index in [1.54, 1.807) is 40.0 Å². The highest BCUT2D eigenvalue weighted by atomic mass is 16.7. The third-order valence-corrected chi connectivity index (χ3v) is 5.94. The monoisotopic (exact) mass is 479 g/mol. The van der Waals surface area contributed by atoms with Crippen LogP contribution < -0.4 is 14.8 Å². The molecular formula is C24H25N5O6. The molecule has 35 heavy (non-hydrogen) atoms. The summed E-state index contributed by atoms with van der Waals surface area (Å²) in [6.07, 6.45) is 3.51. The molecule has 1 saturated heterocycles. The Kier molecular flexibility index (Phi) is 6.23. The van der Waals surface area contributed by atoms with Crippen LogP contribution in [0.15, 0.2) is 47.1 Å². The van der Waals surface area contributed by atoms with Crippen molar-refractivity contribution in [1.29, 1.82) is 0 Å². The predicted molar refractivity (Wildman–Crippen MR) is 124 cm³/mol. The lowest BCUT2D eigenvalue weighted by Crippen LogP contribution is -2.50. The van der Waals surface area contributed by atoms with Crippen LogP contribution in [0.5, 0.6) is 11.5 Å². The quantitative estimate of drug-likeness (QED) is 0.510. The van der Waals surface area contributed by atoms with E-state index in [1.807, 2.05) is 17.2 Å². The maximum absolute atomic E-state index is 12.8. The van der Waals surface area contributed by atoms with Crippen LogP contribution in [-0.4, -0.2) is 76.7 Å². The van der Waals surface area contributed by atoms with Crippen molar-refractivity contribution >= 4 is 23.3 Å². The average molecular weight is 479 g/mol. The Morgan fingerprint density at radius 2 is 1.83 bits per heavy atom. The molecule has 5 rings (SSSR count). The van der Waals surface area contributed by atoms with E-state index in [0.717, 1.165) is 0 Å². The Labute approximate surface area is 201 Å². The minimum atomic E-state index is -0.250. The molecule has 1 aromatic carbocycles. The number of hydrogen-bond donors (Lipinski definition) is 1. The number of anilines is 1. The van der Waals surface area contributed by atoms with Crippen LogP contribution in [0, 0.1) is 0 Å². The summed E-state index contributed by atoms with van der Waals surface area (Å²) in [4.78, 5) is 41.2. The van der Waals surface area contributed by atoms with Gasteiger partial charge in [0.05, 0.1) is 18.8 Å². The van der Waals surface area contributed by atoms with Crippen molar-refractivity contribution in [1.82, 2.24) is 19.6 Å². The zero-order chi connectivity index (χ0) is 24.4. The number of amides is 2. The highest BCUT2D eigenvalue weighted by molar-refractivity contribution is 6.05. The molecule has 2 aliphatic heterocycles. The van der Waals surface area contributed by atoms with Crippen LogP contribution in [0.3, 0.4) is 0 Å². The molecule has 0 unspecified atom stereocenters. The van der Waals surface area contributed by atoms with Crippen molar-refractivity contribution in [2.24, 2.45) is 0 Å². The van der Waals surface area contributed by atoms with Crippen molar-refractivity contribution in [2.75, 3.05) is 44.8 Å². The van der Waals surface area contributed by atoms with E-state index in [2.05, 4.69) is 10.4 Å². The molecule has 2 amide bonds. The van der Waals surface area contributed by atoms with E-state index in [0.29, 0.717) is 61.2 Å². The number of fused-ring (bicyclic) bond motifs is 1. The molecule has 0 bridgehead atoms. The molecule has 1 fully saturated rings. The van der Waals surface area contributed by atoms with Crippen molar-refractivity contribution in [2.45, 2.75) is 13.5 Å². The summed E-state index contributed by atoms with van der Waals surface area (Å²) >= 11 is 0. The van der Waals surface area contributed by atoms with E-state index in [1.165, 1.54) is 6.92 Å². The fraction of sp³-hybridized carbons (Fsp3) is 0.333. The van der Waals surface area contributed by atoms with Gasteiger partial charge in [0.1, 0.15) is 5.76 Å². The first-order valence-electron chi connectivity index (χ1n) is 11.3. The van der Waals surface area contributed by atoms with Crippen LogP contribution in [0.2, 0.25) is 0 Å². The number of ether oxygens (including phenoxy) is 2. The molecule has 3 aromatic rings. The number of nitrogens with zero attached hydrogens (tertiary/aromatic N) is 4. The number of carbonyl (C=O) groups excluding carboxylic acids is 3. The minimum absolute atomic E-state index is 0.0801. The number of piperazine rings is 1. The SMILES string of the molecule is CC(=O)c1cc2c(cc1NC(=O)CN1CCN(C(=O)c3ccc(Cn4cccn4)o3)CC1)OCO2. The van der Waals surface area contributed by atoms with Crippen LogP contribution in [0.25, 0.3) is 0 Å². The number of carbonyl (C=O) groups is 3. The second kappa shape index (κ2) is 9.63. The Balaban J connectivity index is 1.14. The van der Waals surface area contributed by atoms with E-state index < -0.39 is 0 Å². The molecular weight excluding hydrogens is 454 g/mol. The number of nitrogens with one attached hydrogen (secondary N) is 1. The van der Waals surface area contributed by atoms with E-state index in [-0.39, 0.29) is 36.7 Å². The van der Waals surface area contributed by atoms with Gasteiger partial charge in [0.2, 0.25) is 12.7 Å². The largest absolute Gasteiger partial charge is 0.454 e. The van der Waals surface area contributed by atoms with E-state index in [9.17, 15) is 14.4 Å². The van der Waals surface area contributed by atoms with Crippen molar-refractivity contribution < 1.29 is 28.3 Å². The second-order valence-electron chi connectivity index (χ2n) is 8.39. The molecule has 182 valence electrons. The molecule has 0 spiro atoms. The standard InChI is InChI=1S/C24H25N5O6/c1-16(30)18-11-21-22(34-15-33-21)12-19(18)26-23(31)14-27-7-9-28(10-8-27)24(32)20-4-3-17(35-20)13-29-6-2-5-25-29/h2-6,11-12H,7-10,13-15H2,1H3,(H,26,31). The fourth-order valence-corrected chi connectivity index (χ4v) is 4.13. The van der Waals surface area contributed by atoms with E-state index >= 15 is 0 Å². The number of benzene rings is 1. The van der Waals surface area contributed by atoms with Gasteiger partial charge in [-0.3, -0.25) is 24.0 Å². The number of rotatable bonds is 7. The zero-order valence-corrected chi connectivity index (χ0v) is 19.2. The summed E-state index contributed by atoms with van der Waals surface area (Å²) in [5, 5.41) is 6.95. The number of furan rings is 1. The molecule has 0 saturated carbocycles. The van der Waals surface area contributed by atoms with Crippen molar-refractivity contribution in [3.8, 4) is 11.5 Å². The first-order valence-corrected chi connectivity index (χ1v) is 11.3. The lowest BCUT2D eigenvalue weighted by atomic mass is 10.1. The second-order valence-corrected chi connectivity index (χ2v) is 8.39. The van der Waals surface area contributed by atoms with E-state index in [4.69, 9.17) is 13.9 Å². The zero-order valence-electron chi connectivity index (χ0n) is 19.2. The summed E-state index contributed by atoms with van der Waals surface area (Å²) in [7, 11) is 0. The normalized spacial score (nSPS) is 15.3.